The minimum absolute atomic E-state index is 0.605. The van der Waals surface area contributed by atoms with Crippen LogP contribution in [0.2, 0.25) is 0 Å². The summed E-state index contributed by atoms with van der Waals surface area (Å²) in [4.78, 5) is 22.0. The van der Waals surface area contributed by atoms with Gasteiger partial charge in [0.25, 0.3) is 0 Å². The fraction of sp³-hybridized carbons (Fsp3) is 0.500. The molecule has 0 aliphatic heterocycles. The first-order valence-electron chi connectivity index (χ1n) is 6.69. The molecule has 2 atom stereocenters. The summed E-state index contributed by atoms with van der Waals surface area (Å²) in [7, 11) is 0. The van der Waals surface area contributed by atoms with Crippen molar-refractivity contribution in [3.8, 4) is 0 Å². The summed E-state index contributed by atoms with van der Waals surface area (Å²) >= 11 is 2.98. The molecule has 0 N–H and O–H groups in total. The highest BCUT2D eigenvalue weighted by molar-refractivity contribution is 8.00. The molecule has 2 heterocycles. The predicted octanol–water partition coefficient (Wildman–Crippen LogP) is 2.05. The number of hydrogen-bond acceptors (Lipinski definition) is 6. The minimum Gasteiger partial charge on any atom is -0.549 e. The van der Waals surface area contributed by atoms with E-state index in [1.807, 2.05) is 0 Å². The third-order valence-corrected chi connectivity index (χ3v) is 5.92. The standard InChI is InChI=1S/C14H16N2O2S2/c1-7-3-4-9-10(5-7)20-13-11(9)12(15-6-16-13)19-8(2)14(17)18/h6-8H,3-5H2,1-2H3,(H,17,18)/p-1/t7-,8-/m1/s1. The normalized spacial score (nSPS) is 19.8. The molecule has 3 rings (SSSR count). The van der Waals surface area contributed by atoms with Crippen molar-refractivity contribution >= 4 is 39.3 Å². The molecule has 0 saturated heterocycles. The SMILES string of the molecule is C[C@@H]1CCc2c(sc3ncnc(S[C@H](C)C(=O)[O-])c23)C1. The van der Waals surface area contributed by atoms with Crippen LogP contribution >= 0.6 is 23.1 Å². The predicted molar refractivity (Wildman–Crippen MR) is 78.9 cm³/mol. The molecule has 0 fully saturated rings. The molecule has 0 spiro atoms. The van der Waals surface area contributed by atoms with E-state index in [9.17, 15) is 9.90 Å². The average molecular weight is 307 g/mol. The Labute approximate surface area is 125 Å². The van der Waals surface area contributed by atoms with Crippen LogP contribution < -0.4 is 5.11 Å². The van der Waals surface area contributed by atoms with Crippen molar-refractivity contribution in [2.45, 2.75) is 43.4 Å². The third kappa shape index (κ3) is 2.42. The van der Waals surface area contributed by atoms with Crippen molar-refractivity contribution < 1.29 is 9.90 Å². The largest absolute Gasteiger partial charge is 0.549 e. The van der Waals surface area contributed by atoms with Gasteiger partial charge in [-0.3, -0.25) is 0 Å². The van der Waals surface area contributed by atoms with Crippen LogP contribution in [0, 0.1) is 5.92 Å². The lowest BCUT2D eigenvalue weighted by Gasteiger charge is -2.18. The topological polar surface area (TPSA) is 65.9 Å². The number of hydrogen-bond donors (Lipinski definition) is 0. The van der Waals surface area contributed by atoms with Crippen LogP contribution in [0.3, 0.4) is 0 Å². The van der Waals surface area contributed by atoms with E-state index in [-0.39, 0.29) is 0 Å². The number of carbonyl (C=O) groups excluding carboxylic acids is 1. The monoisotopic (exact) mass is 307 g/mol. The maximum atomic E-state index is 10.9. The Morgan fingerprint density at radius 2 is 2.35 bits per heavy atom. The van der Waals surface area contributed by atoms with Crippen LogP contribution in [0.25, 0.3) is 10.2 Å². The molecule has 0 aromatic carbocycles. The molecule has 6 heteroatoms. The van der Waals surface area contributed by atoms with Crippen LogP contribution in [-0.2, 0) is 17.6 Å². The molecule has 1 aliphatic carbocycles. The van der Waals surface area contributed by atoms with Crippen molar-refractivity contribution in [3.05, 3.63) is 16.8 Å². The first kappa shape index (κ1) is 13.8. The van der Waals surface area contributed by atoms with E-state index in [0.717, 1.165) is 28.1 Å². The number of nitrogens with zero attached hydrogens (tertiary/aromatic N) is 2. The number of rotatable bonds is 3. The molecule has 4 nitrogen and oxygen atoms in total. The average Bonchev–Trinajstić information content (AvgIpc) is 2.76. The second-order valence-corrected chi connectivity index (χ2v) is 7.70. The summed E-state index contributed by atoms with van der Waals surface area (Å²) in [6, 6.07) is 0. The molecule has 1 aliphatic rings. The first-order valence-corrected chi connectivity index (χ1v) is 8.38. The molecule has 2 aromatic heterocycles. The van der Waals surface area contributed by atoms with E-state index in [0.29, 0.717) is 5.92 Å². The van der Waals surface area contributed by atoms with Crippen molar-refractivity contribution in [1.82, 2.24) is 9.97 Å². The van der Waals surface area contributed by atoms with Gasteiger partial charge in [-0.1, -0.05) is 18.7 Å². The number of fused-ring (bicyclic) bond motifs is 3. The van der Waals surface area contributed by atoms with Crippen LogP contribution in [0.5, 0.6) is 0 Å². The maximum Gasteiger partial charge on any atom is 0.128 e. The summed E-state index contributed by atoms with van der Waals surface area (Å²) in [5.74, 6) is -0.346. The maximum absolute atomic E-state index is 10.9. The van der Waals surface area contributed by atoms with Gasteiger partial charge >= 0.3 is 0 Å². The van der Waals surface area contributed by atoms with Gasteiger partial charge < -0.3 is 9.90 Å². The number of carbonyl (C=O) groups is 1. The Morgan fingerprint density at radius 1 is 1.55 bits per heavy atom. The molecule has 106 valence electrons. The van der Waals surface area contributed by atoms with Gasteiger partial charge in [-0.05, 0) is 37.7 Å². The van der Waals surface area contributed by atoms with Crippen LogP contribution in [0.1, 0.15) is 30.7 Å². The fourth-order valence-electron chi connectivity index (χ4n) is 2.55. The molecular formula is C14H15N2O2S2-. The second kappa shape index (κ2) is 5.33. The highest BCUT2D eigenvalue weighted by Gasteiger charge is 2.23. The molecule has 0 bridgehead atoms. The lowest BCUT2D eigenvalue weighted by atomic mass is 9.89. The van der Waals surface area contributed by atoms with Crippen LogP contribution in [0.15, 0.2) is 11.4 Å². The summed E-state index contributed by atoms with van der Waals surface area (Å²) in [6.45, 7) is 3.90. The highest BCUT2D eigenvalue weighted by Crippen LogP contribution is 2.41. The molecule has 0 radical (unpaired) electrons. The molecule has 20 heavy (non-hydrogen) atoms. The number of aryl methyl sites for hydroxylation is 1. The third-order valence-electron chi connectivity index (χ3n) is 3.68. The number of thioether (sulfide) groups is 1. The van der Waals surface area contributed by atoms with Gasteiger partial charge in [0.05, 0.1) is 5.97 Å². The zero-order chi connectivity index (χ0) is 14.3. The molecule has 2 aromatic rings. The lowest BCUT2D eigenvalue weighted by Crippen LogP contribution is -2.31. The number of aromatic nitrogens is 2. The number of carboxylic acids is 1. The van der Waals surface area contributed by atoms with E-state index in [1.54, 1.807) is 18.3 Å². The van der Waals surface area contributed by atoms with Crippen LogP contribution in [-0.4, -0.2) is 21.2 Å². The zero-order valence-corrected chi connectivity index (χ0v) is 13.0. The molecule has 0 amide bonds. The van der Waals surface area contributed by atoms with Gasteiger partial charge in [-0.25, -0.2) is 9.97 Å². The summed E-state index contributed by atoms with van der Waals surface area (Å²) in [5, 5.41) is 12.2. The van der Waals surface area contributed by atoms with Crippen LogP contribution in [0.4, 0.5) is 0 Å². The Kier molecular flexibility index (Phi) is 3.69. The summed E-state index contributed by atoms with van der Waals surface area (Å²) < 4.78 is 0. The number of carboxylic acid groups (broad SMARTS) is 1. The Morgan fingerprint density at radius 3 is 3.10 bits per heavy atom. The van der Waals surface area contributed by atoms with E-state index >= 15 is 0 Å². The summed E-state index contributed by atoms with van der Waals surface area (Å²) in [6.07, 6.45) is 4.83. The van der Waals surface area contributed by atoms with E-state index in [2.05, 4.69) is 16.9 Å². The molecule has 0 unspecified atom stereocenters. The lowest BCUT2D eigenvalue weighted by molar-refractivity contribution is -0.304. The van der Waals surface area contributed by atoms with Crippen molar-refractivity contribution in [3.63, 3.8) is 0 Å². The minimum atomic E-state index is -1.06. The fourth-order valence-corrected chi connectivity index (χ4v) is 4.84. The quantitative estimate of drug-likeness (QED) is 0.641. The highest BCUT2D eigenvalue weighted by atomic mass is 32.2. The molecule has 0 saturated carbocycles. The van der Waals surface area contributed by atoms with E-state index in [1.165, 1.54) is 35.0 Å². The van der Waals surface area contributed by atoms with Gasteiger partial charge in [0.1, 0.15) is 16.2 Å². The van der Waals surface area contributed by atoms with Gasteiger partial charge in [0, 0.05) is 15.5 Å². The van der Waals surface area contributed by atoms with Crippen molar-refractivity contribution in [2.24, 2.45) is 5.92 Å². The summed E-state index contributed by atoms with van der Waals surface area (Å²) in [5.41, 5.74) is 1.33. The number of thiophene rings is 1. The van der Waals surface area contributed by atoms with Crippen molar-refractivity contribution in [1.29, 1.82) is 0 Å². The van der Waals surface area contributed by atoms with Crippen molar-refractivity contribution in [2.75, 3.05) is 0 Å². The zero-order valence-electron chi connectivity index (χ0n) is 11.4. The van der Waals surface area contributed by atoms with Gasteiger partial charge in [0.2, 0.25) is 0 Å². The van der Waals surface area contributed by atoms with E-state index < -0.39 is 11.2 Å². The number of aliphatic carboxylic acids is 1. The van der Waals surface area contributed by atoms with Gasteiger partial charge in [-0.2, -0.15) is 0 Å². The Hall–Kier alpha value is -1.14. The molecular weight excluding hydrogens is 292 g/mol. The second-order valence-electron chi connectivity index (χ2n) is 5.29. The van der Waals surface area contributed by atoms with Gasteiger partial charge in [-0.15, -0.1) is 11.3 Å². The first-order chi connectivity index (χ1) is 9.56. The Bertz CT molecular complexity index is 668. The Balaban J connectivity index is 2.07. The smallest absolute Gasteiger partial charge is 0.128 e. The van der Waals surface area contributed by atoms with E-state index in [4.69, 9.17) is 0 Å². The van der Waals surface area contributed by atoms with Gasteiger partial charge in [0.15, 0.2) is 0 Å².